The van der Waals surface area contributed by atoms with Crippen LogP contribution in [-0.4, -0.2) is 18.1 Å². The number of hydrogen-bond acceptors (Lipinski definition) is 5. The lowest BCUT2D eigenvalue weighted by molar-refractivity contribution is 0.331. The number of anilines is 1. The average Bonchev–Trinajstić information content (AvgIpc) is 3.09. The van der Waals surface area contributed by atoms with Crippen LogP contribution in [0.3, 0.4) is 0 Å². The lowest BCUT2D eigenvalue weighted by atomic mass is 9.87. The van der Waals surface area contributed by atoms with E-state index in [4.69, 9.17) is 9.15 Å². The predicted molar refractivity (Wildman–Crippen MR) is 106 cm³/mol. The Morgan fingerprint density at radius 3 is 2.41 bits per heavy atom. The van der Waals surface area contributed by atoms with Crippen molar-refractivity contribution >= 4 is 5.88 Å². The van der Waals surface area contributed by atoms with Crippen molar-refractivity contribution in [3.05, 3.63) is 65.9 Å². The summed E-state index contributed by atoms with van der Waals surface area (Å²) in [5.41, 5.74) is 2.39. The van der Waals surface area contributed by atoms with Gasteiger partial charge in [-0.1, -0.05) is 51.1 Å². The summed E-state index contributed by atoms with van der Waals surface area (Å²) in [6.07, 6.45) is 0. The summed E-state index contributed by atoms with van der Waals surface area (Å²) in [4.78, 5) is 4.30. The number of oxazole rings is 1. The van der Waals surface area contributed by atoms with Crippen LogP contribution < -0.4 is 10.1 Å². The summed E-state index contributed by atoms with van der Waals surface area (Å²) in [5.74, 6) is 1.60. The Morgan fingerprint density at radius 2 is 1.78 bits per heavy atom. The van der Waals surface area contributed by atoms with Crippen LogP contribution in [0.4, 0.5) is 5.88 Å². The average molecular weight is 361 g/mol. The molecule has 138 valence electrons. The Labute approximate surface area is 159 Å². The molecule has 0 unspecified atom stereocenters. The molecular formula is C22H23N3O2. The lowest BCUT2D eigenvalue weighted by Crippen LogP contribution is -2.11. The van der Waals surface area contributed by atoms with E-state index < -0.39 is 0 Å². The van der Waals surface area contributed by atoms with Gasteiger partial charge in [-0.2, -0.15) is 10.2 Å². The van der Waals surface area contributed by atoms with Crippen LogP contribution in [0, 0.1) is 11.3 Å². The molecule has 3 aromatic rings. The molecule has 0 spiro atoms. The van der Waals surface area contributed by atoms with Crippen LogP contribution >= 0.6 is 0 Å². The van der Waals surface area contributed by atoms with Gasteiger partial charge in [0.1, 0.15) is 18.4 Å². The fraction of sp³-hybridized carbons (Fsp3) is 0.273. The maximum atomic E-state index is 9.32. The van der Waals surface area contributed by atoms with Gasteiger partial charge in [0, 0.05) is 5.56 Å². The van der Waals surface area contributed by atoms with Crippen molar-refractivity contribution in [1.82, 2.24) is 4.98 Å². The molecule has 1 heterocycles. The quantitative estimate of drug-likeness (QED) is 0.626. The summed E-state index contributed by atoms with van der Waals surface area (Å²) < 4.78 is 11.4. The molecular weight excluding hydrogens is 338 g/mol. The van der Waals surface area contributed by atoms with E-state index in [0.717, 1.165) is 11.3 Å². The number of aromatic nitrogens is 1. The summed E-state index contributed by atoms with van der Waals surface area (Å²) in [6.45, 7) is 7.45. The molecule has 27 heavy (non-hydrogen) atoms. The van der Waals surface area contributed by atoms with E-state index in [9.17, 15) is 5.26 Å². The van der Waals surface area contributed by atoms with Gasteiger partial charge in [0.05, 0.1) is 6.54 Å². The van der Waals surface area contributed by atoms with Crippen LogP contribution in [-0.2, 0) is 5.41 Å². The second-order valence-corrected chi connectivity index (χ2v) is 7.22. The first kappa shape index (κ1) is 18.5. The molecule has 0 atom stereocenters. The van der Waals surface area contributed by atoms with Gasteiger partial charge in [0.2, 0.25) is 17.5 Å². The third-order valence-corrected chi connectivity index (χ3v) is 4.13. The van der Waals surface area contributed by atoms with Crippen LogP contribution in [0.15, 0.2) is 59.0 Å². The standard InChI is InChI=1S/C22H23N3O2/c1-22(2,3)17-11-9-16(10-12-17)20-25-19(15-23)21(27-20)24-13-14-26-18-7-5-4-6-8-18/h4-12,24H,13-14H2,1-3H3. The molecule has 0 saturated carbocycles. The molecule has 5 nitrogen and oxygen atoms in total. The van der Waals surface area contributed by atoms with Crippen molar-refractivity contribution in [2.24, 2.45) is 0 Å². The van der Waals surface area contributed by atoms with Gasteiger partial charge in [-0.15, -0.1) is 0 Å². The molecule has 1 aromatic heterocycles. The van der Waals surface area contributed by atoms with E-state index in [1.165, 1.54) is 5.56 Å². The van der Waals surface area contributed by atoms with Crippen molar-refractivity contribution in [2.75, 3.05) is 18.5 Å². The van der Waals surface area contributed by atoms with Crippen molar-refractivity contribution in [3.8, 4) is 23.3 Å². The van der Waals surface area contributed by atoms with Crippen LogP contribution in [0.2, 0.25) is 0 Å². The molecule has 0 amide bonds. The summed E-state index contributed by atoms with van der Waals surface area (Å²) in [6, 6.07) is 19.7. The Hall–Kier alpha value is -3.26. The zero-order chi connectivity index (χ0) is 19.3. The Balaban J connectivity index is 1.65. The van der Waals surface area contributed by atoms with E-state index >= 15 is 0 Å². The summed E-state index contributed by atoms with van der Waals surface area (Å²) >= 11 is 0. The van der Waals surface area contributed by atoms with Crippen LogP contribution in [0.1, 0.15) is 32.0 Å². The predicted octanol–water partition coefficient (Wildman–Crippen LogP) is 5.00. The smallest absolute Gasteiger partial charge is 0.232 e. The number of para-hydroxylation sites is 1. The first-order valence-electron chi connectivity index (χ1n) is 8.91. The van der Waals surface area contributed by atoms with E-state index in [1.54, 1.807) is 0 Å². The van der Waals surface area contributed by atoms with E-state index in [-0.39, 0.29) is 11.1 Å². The largest absolute Gasteiger partial charge is 0.492 e. The van der Waals surface area contributed by atoms with Crippen molar-refractivity contribution < 1.29 is 9.15 Å². The molecule has 0 aliphatic rings. The van der Waals surface area contributed by atoms with Gasteiger partial charge in [0.15, 0.2) is 0 Å². The first-order chi connectivity index (χ1) is 13.0. The first-order valence-corrected chi connectivity index (χ1v) is 8.91. The Bertz CT molecular complexity index is 917. The molecule has 0 radical (unpaired) electrons. The highest BCUT2D eigenvalue weighted by Gasteiger charge is 2.16. The molecule has 3 rings (SSSR count). The number of ether oxygens (including phenoxy) is 1. The maximum Gasteiger partial charge on any atom is 0.232 e. The highest BCUT2D eigenvalue weighted by molar-refractivity contribution is 5.59. The fourth-order valence-corrected chi connectivity index (χ4v) is 2.60. The minimum atomic E-state index is 0.0818. The number of nitrogens with one attached hydrogen (secondary N) is 1. The van der Waals surface area contributed by atoms with Crippen LogP contribution in [0.25, 0.3) is 11.5 Å². The zero-order valence-corrected chi connectivity index (χ0v) is 15.8. The minimum absolute atomic E-state index is 0.0818. The van der Waals surface area contributed by atoms with Gasteiger partial charge < -0.3 is 14.5 Å². The molecule has 2 aromatic carbocycles. The second kappa shape index (κ2) is 7.96. The second-order valence-electron chi connectivity index (χ2n) is 7.22. The Kier molecular flexibility index (Phi) is 5.46. The number of nitrogens with zero attached hydrogens (tertiary/aromatic N) is 2. The number of benzene rings is 2. The third-order valence-electron chi connectivity index (χ3n) is 4.13. The monoisotopic (exact) mass is 361 g/mol. The van der Waals surface area contributed by atoms with Gasteiger partial charge in [0.25, 0.3) is 0 Å². The maximum absolute atomic E-state index is 9.32. The summed E-state index contributed by atoms with van der Waals surface area (Å²) in [5, 5.41) is 12.4. The number of hydrogen-bond donors (Lipinski definition) is 1. The summed E-state index contributed by atoms with van der Waals surface area (Å²) in [7, 11) is 0. The normalized spacial score (nSPS) is 11.0. The fourth-order valence-electron chi connectivity index (χ4n) is 2.60. The van der Waals surface area contributed by atoms with Gasteiger partial charge in [-0.25, -0.2) is 0 Å². The van der Waals surface area contributed by atoms with Crippen molar-refractivity contribution in [3.63, 3.8) is 0 Å². The van der Waals surface area contributed by atoms with Crippen LogP contribution in [0.5, 0.6) is 5.75 Å². The van der Waals surface area contributed by atoms with Gasteiger partial charge in [-0.05, 0) is 35.2 Å². The van der Waals surface area contributed by atoms with Gasteiger partial charge in [-0.3, -0.25) is 0 Å². The number of nitriles is 1. The molecule has 0 bridgehead atoms. The Morgan fingerprint density at radius 1 is 1.07 bits per heavy atom. The van der Waals surface area contributed by atoms with E-state index in [0.29, 0.717) is 24.9 Å². The van der Waals surface area contributed by atoms with E-state index in [2.05, 4.69) is 49.3 Å². The number of rotatable bonds is 6. The molecule has 1 N–H and O–H groups in total. The van der Waals surface area contributed by atoms with E-state index in [1.807, 2.05) is 42.5 Å². The SMILES string of the molecule is CC(C)(C)c1ccc(-c2nc(C#N)c(NCCOc3ccccc3)o2)cc1. The van der Waals surface area contributed by atoms with Gasteiger partial charge >= 0.3 is 0 Å². The minimum Gasteiger partial charge on any atom is -0.492 e. The topological polar surface area (TPSA) is 71.1 Å². The molecule has 5 heteroatoms. The third kappa shape index (κ3) is 4.68. The van der Waals surface area contributed by atoms with Crippen molar-refractivity contribution in [1.29, 1.82) is 5.26 Å². The zero-order valence-electron chi connectivity index (χ0n) is 15.8. The highest BCUT2D eigenvalue weighted by Crippen LogP contribution is 2.28. The molecule has 0 saturated heterocycles. The molecule has 0 aliphatic heterocycles. The molecule has 0 aliphatic carbocycles. The van der Waals surface area contributed by atoms with Crippen molar-refractivity contribution in [2.45, 2.75) is 26.2 Å². The lowest BCUT2D eigenvalue weighted by Gasteiger charge is -2.18. The highest BCUT2D eigenvalue weighted by atomic mass is 16.5. The molecule has 0 fully saturated rings.